The van der Waals surface area contributed by atoms with Gasteiger partial charge in [-0.25, -0.2) is 9.69 Å². The highest BCUT2D eigenvalue weighted by atomic mass is 79.9. The molecule has 2 amide bonds. The normalized spacial score (nSPS) is 24.7. The zero-order valence-electron chi connectivity index (χ0n) is 22.0. The SMILES string of the molecule is CO[C@H]1C=C(O[Si](C)(C)C(C)(C)C)C[C@@H](C#N)[C@]12C(=O)N(C(=O)OC(C)(C)C)c1ccc(Br)cc12. The molecule has 1 aliphatic carbocycles. The predicted octanol–water partition coefficient (Wildman–Crippen LogP) is 6.43. The number of methoxy groups -OCH3 is 1. The molecule has 35 heavy (non-hydrogen) atoms. The molecule has 0 aromatic heterocycles. The maximum atomic E-state index is 14.2. The molecule has 2 aliphatic rings. The number of nitrogens with zero attached hydrogens (tertiary/aromatic N) is 2. The van der Waals surface area contributed by atoms with Crippen molar-refractivity contribution in [2.45, 2.75) is 83.2 Å². The van der Waals surface area contributed by atoms with E-state index in [0.29, 0.717) is 17.0 Å². The van der Waals surface area contributed by atoms with Gasteiger partial charge in [0.2, 0.25) is 8.32 Å². The van der Waals surface area contributed by atoms with Gasteiger partial charge in [-0.05, 0) is 68.7 Å². The summed E-state index contributed by atoms with van der Waals surface area (Å²) in [5, 5.41) is 10.3. The number of halogens is 1. The number of nitriles is 1. The number of hydrogen-bond acceptors (Lipinski definition) is 6. The molecule has 0 fully saturated rings. The van der Waals surface area contributed by atoms with Gasteiger partial charge in [0.05, 0.1) is 29.5 Å². The van der Waals surface area contributed by atoms with Crippen LogP contribution in [-0.4, -0.2) is 39.1 Å². The first-order chi connectivity index (χ1) is 16.0. The number of carbonyl (C=O) groups excluding carboxylic acids is 2. The summed E-state index contributed by atoms with van der Waals surface area (Å²) in [5.74, 6) is -0.688. The number of allylic oxidation sites excluding steroid dienone is 1. The summed E-state index contributed by atoms with van der Waals surface area (Å²) in [6, 6.07) is 7.60. The lowest BCUT2D eigenvalue weighted by Gasteiger charge is -2.44. The van der Waals surface area contributed by atoms with Gasteiger partial charge >= 0.3 is 6.09 Å². The number of hydrogen-bond donors (Lipinski definition) is 0. The Kier molecular flexibility index (Phi) is 7.10. The molecule has 1 heterocycles. The van der Waals surface area contributed by atoms with Crippen molar-refractivity contribution in [3.05, 3.63) is 40.1 Å². The molecule has 7 nitrogen and oxygen atoms in total. The van der Waals surface area contributed by atoms with E-state index in [1.54, 1.807) is 39.0 Å². The summed E-state index contributed by atoms with van der Waals surface area (Å²) in [7, 11) is -0.687. The number of amides is 2. The molecule has 190 valence electrons. The van der Waals surface area contributed by atoms with Gasteiger partial charge in [0.1, 0.15) is 11.0 Å². The van der Waals surface area contributed by atoms with Crippen LogP contribution >= 0.6 is 15.9 Å². The minimum atomic E-state index is -2.19. The van der Waals surface area contributed by atoms with Gasteiger partial charge in [-0.2, -0.15) is 5.26 Å². The van der Waals surface area contributed by atoms with E-state index in [2.05, 4.69) is 55.9 Å². The van der Waals surface area contributed by atoms with Crippen LogP contribution in [0.25, 0.3) is 0 Å². The molecule has 3 atom stereocenters. The van der Waals surface area contributed by atoms with Gasteiger partial charge in [0.25, 0.3) is 5.91 Å². The number of benzene rings is 1. The Morgan fingerprint density at radius 2 is 1.86 bits per heavy atom. The van der Waals surface area contributed by atoms with Crippen molar-refractivity contribution in [2.75, 3.05) is 12.0 Å². The van der Waals surface area contributed by atoms with Crippen molar-refractivity contribution >= 4 is 41.9 Å². The zero-order valence-corrected chi connectivity index (χ0v) is 24.6. The first-order valence-corrected chi connectivity index (χ1v) is 15.4. The number of ether oxygens (including phenoxy) is 2. The molecule has 1 aliphatic heterocycles. The van der Waals surface area contributed by atoms with Crippen LogP contribution in [0.3, 0.4) is 0 Å². The molecule has 0 bridgehead atoms. The fraction of sp³-hybridized carbons (Fsp3) is 0.577. The molecule has 0 saturated heterocycles. The van der Waals surface area contributed by atoms with Crippen LogP contribution in [-0.2, 0) is 24.1 Å². The quantitative estimate of drug-likeness (QED) is 0.394. The average Bonchev–Trinajstić information content (AvgIpc) is 2.95. The van der Waals surface area contributed by atoms with Crippen LogP contribution in [0, 0.1) is 17.2 Å². The number of fused-ring (bicyclic) bond motifs is 2. The lowest BCUT2D eigenvalue weighted by atomic mass is 9.63. The fourth-order valence-corrected chi connectivity index (χ4v) is 5.91. The maximum absolute atomic E-state index is 14.2. The third kappa shape index (κ3) is 4.68. The Labute approximate surface area is 217 Å². The van der Waals surface area contributed by atoms with Crippen LogP contribution in [0.4, 0.5) is 10.5 Å². The third-order valence-electron chi connectivity index (χ3n) is 7.12. The van der Waals surface area contributed by atoms with Crippen LogP contribution in [0.2, 0.25) is 18.1 Å². The third-order valence-corrected chi connectivity index (χ3v) is 12.0. The van der Waals surface area contributed by atoms with Crippen molar-refractivity contribution in [3.8, 4) is 6.07 Å². The van der Waals surface area contributed by atoms with E-state index in [1.807, 2.05) is 6.08 Å². The van der Waals surface area contributed by atoms with E-state index < -0.39 is 43.4 Å². The molecule has 1 spiro atoms. The highest BCUT2D eigenvalue weighted by molar-refractivity contribution is 9.10. The van der Waals surface area contributed by atoms with Crippen molar-refractivity contribution in [1.29, 1.82) is 5.26 Å². The van der Waals surface area contributed by atoms with E-state index in [9.17, 15) is 14.9 Å². The van der Waals surface area contributed by atoms with Crippen LogP contribution in [0.5, 0.6) is 0 Å². The van der Waals surface area contributed by atoms with E-state index in [0.717, 1.165) is 9.37 Å². The Morgan fingerprint density at radius 1 is 1.23 bits per heavy atom. The number of carbonyl (C=O) groups is 2. The van der Waals surface area contributed by atoms with Crippen molar-refractivity contribution < 1.29 is 23.5 Å². The van der Waals surface area contributed by atoms with Crippen LogP contribution in [0.1, 0.15) is 53.5 Å². The first kappa shape index (κ1) is 27.4. The average molecular weight is 564 g/mol. The lowest BCUT2D eigenvalue weighted by Crippen LogP contribution is -2.57. The highest BCUT2D eigenvalue weighted by Gasteiger charge is 2.64. The first-order valence-electron chi connectivity index (χ1n) is 11.7. The molecule has 1 aromatic rings. The predicted molar refractivity (Wildman–Crippen MR) is 140 cm³/mol. The Hall–Kier alpha value is -2.15. The van der Waals surface area contributed by atoms with Gasteiger partial charge in [0, 0.05) is 18.0 Å². The summed E-state index contributed by atoms with van der Waals surface area (Å²) in [4.78, 5) is 28.4. The molecule has 0 unspecified atom stereocenters. The Morgan fingerprint density at radius 3 is 2.37 bits per heavy atom. The minimum Gasteiger partial charge on any atom is -0.547 e. The Bertz CT molecular complexity index is 1110. The molecule has 0 saturated carbocycles. The number of rotatable bonds is 3. The topological polar surface area (TPSA) is 88.9 Å². The molecular formula is C26H35BrN2O5Si. The number of imide groups is 1. The van der Waals surface area contributed by atoms with Gasteiger partial charge in [0.15, 0.2) is 0 Å². The van der Waals surface area contributed by atoms with E-state index >= 15 is 0 Å². The summed E-state index contributed by atoms with van der Waals surface area (Å²) >= 11 is 3.49. The molecular weight excluding hydrogens is 528 g/mol. The standard InChI is InChI=1S/C26H35BrN2O5Si/c1-24(2,3)33-23(31)29-20-11-10-17(27)13-19(20)26(22(29)30)16(15-28)12-18(14-21(26)32-7)34-35(8,9)25(4,5)6/h10-11,13-14,16,21H,12H2,1-9H3/t16-,21-,26+/m0/s1. The molecule has 0 radical (unpaired) electrons. The monoisotopic (exact) mass is 562 g/mol. The Balaban J connectivity index is 2.19. The lowest BCUT2D eigenvalue weighted by molar-refractivity contribution is -0.129. The maximum Gasteiger partial charge on any atom is 0.421 e. The van der Waals surface area contributed by atoms with Crippen LogP contribution < -0.4 is 4.90 Å². The van der Waals surface area contributed by atoms with E-state index in [1.165, 1.54) is 7.11 Å². The molecule has 9 heteroatoms. The fourth-order valence-electron chi connectivity index (χ4n) is 4.43. The van der Waals surface area contributed by atoms with Crippen molar-refractivity contribution in [3.63, 3.8) is 0 Å². The molecule has 1 aromatic carbocycles. The summed E-state index contributed by atoms with van der Waals surface area (Å²) in [5.41, 5.74) is -1.25. The van der Waals surface area contributed by atoms with Gasteiger partial charge < -0.3 is 13.9 Å². The zero-order chi connectivity index (χ0) is 26.6. The second kappa shape index (κ2) is 9.06. The summed E-state index contributed by atoms with van der Waals surface area (Å²) in [6.07, 6.45) is 0.466. The van der Waals surface area contributed by atoms with Crippen molar-refractivity contribution in [2.24, 2.45) is 5.92 Å². The van der Waals surface area contributed by atoms with Crippen LogP contribution in [0.15, 0.2) is 34.5 Å². The second-order valence-electron chi connectivity index (χ2n) is 11.7. The van der Waals surface area contributed by atoms with Gasteiger partial charge in [-0.1, -0.05) is 36.7 Å². The molecule has 0 N–H and O–H groups in total. The van der Waals surface area contributed by atoms with E-state index in [4.69, 9.17) is 13.9 Å². The highest BCUT2D eigenvalue weighted by Crippen LogP contribution is 2.55. The van der Waals surface area contributed by atoms with Gasteiger partial charge in [-0.3, -0.25) is 4.79 Å². The van der Waals surface area contributed by atoms with E-state index in [-0.39, 0.29) is 11.5 Å². The summed E-state index contributed by atoms with van der Waals surface area (Å²) < 4.78 is 18.7. The molecule has 3 rings (SSSR count). The minimum absolute atomic E-state index is 0.0398. The van der Waals surface area contributed by atoms with Crippen molar-refractivity contribution in [1.82, 2.24) is 0 Å². The largest absolute Gasteiger partial charge is 0.547 e. The summed E-state index contributed by atoms with van der Waals surface area (Å²) in [6.45, 7) is 15.9. The van der Waals surface area contributed by atoms with Gasteiger partial charge in [-0.15, -0.1) is 0 Å². The second-order valence-corrected chi connectivity index (χ2v) is 17.3. The smallest absolute Gasteiger partial charge is 0.421 e. The number of anilines is 1.